The summed E-state index contributed by atoms with van der Waals surface area (Å²) in [7, 11) is -3.48. The summed E-state index contributed by atoms with van der Waals surface area (Å²) >= 11 is 0. The quantitative estimate of drug-likeness (QED) is 0.703. The Morgan fingerprint density at radius 1 is 0.923 bits per heavy atom. The number of hydrogen-bond donors (Lipinski definition) is 0. The Morgan fingerprint density at radius 3 is 2.27 bits per heavy atom. The van der Waals surface area contributed by atoms with E-state index in [1.165, 1.54) is 4.31 Å². The molecule has 0 atom stereocenters. The molecule has 0 spiro atoms. The molecule has 1 aliphatic heterocycles. The second kappa shape index (κ2) is 6.66. The van der Waals surface area contributed by atoms with E-state index in [1.807, 2.05) is 31.2 Å². The molecule has 26 heavy (non-hydrogen) atoms. The molecule has 134 valence electrons. The molecule has 1 aromatic heterocycles. The molecule has 0 aliphatic carbocycles. The van der Waals surface area contributed by atoms with Crippen LogP contribution in [0.3, 0.4) is 0 Å². The first-order chi connectivity index (χ1) is 12.5. The second-order valence-electron chi connectivity index (χ2n) is 6.42. The van der Waals surface area contributed by atoms with Crippen LogP contribution in [0, 0.1) is 6.92 Å². The van der Waals surface area contributed by atoms with Crippen LogP contribution in [-0.4, -0.2) is 36.0 Å². The molecule has 0 bridgehead atoms. The highest BCUT2D eigenvalue weighted by Gasteiger charge is 2.27. The Labute approximate surface area is 152 Å². The largest absolute Gasteiger partial charge is 0.416 e. The normalized spacial score (nSPS) is 15.4. The van der Waals surface area contributed by atoms with Crippen molar-refractivity contribution in [3.8, 4) is 22.9 Å². The summed E-state index contributed by atoms with van der Waals surface area (Å²) in [6.07, 6.45) is 1.81. The van der Waals surface area contributed by atoms with Crippen molar-refractivity contribution in [2.45, 2.75) is 24.7 Å². The lowest BCUT2D eigenvalue weighted by atomic mass is 10.1. The smallest absolute Gasteiger partial charge is 0.248 e. The summed E-state index contributed by atoms with van der Waals surface area (Å²) < 4.78 is 32.8. The molecule has 0 N–H and O–H groups in total. The maximum absolute atomic E-state index is 12.7. The standard InChI is InChI=1S/C19H19N3O3S/c1-14-7-9-15(10-8-14)18-20-21-19(25-18)16-5-4-6-17(13-16)26(23,24)22-11-2-3-12-22/h4-10,13H,2-3,11-12H2,1H3. The molecule has 1 fully saturated rings. The van der Waals surface area contributed by atoms with Gasteiger partial charge in [-0.05, 0) is 50.1 Å². The van der Waals surface area contributed by atoms with Gasteiger partial charge < -0.3 is 4.42 Å². The Kier molecular flexibility index (Phi) is 4.34. The van der Waals surface area contributed by atoms with Crippen LogP contribution >= 0.6 is 0 Å². The van der Waals surface area contributed by atoms with Crippen LogP contribution in [0.25, 0.3) is 22.9 Å². The zero-order valence-corrected chi connectivity index (χ0v) is 15.2. The first kappa shape index (κ1) is 16.9. The van der Waals surface area contributed by atoms with Crippen molar-refractivity contribution in [3.05, 3.63) is 54.1 Å². The number of hydrogen-bond acceptors (Lipinski definition) is 5. The minimum absolute atomic E-state index is 0.256. The van der Waals surface area contributed by atoms with Crippen molar-refractivity contribution < 1.29 is 12.8 Å². The van der Waals surface area contributed by atoms with E-state index >= 15 is 0 Å². The van der Waals surface area contributed by atoms with Gasteiger partial charge in [0.05, 0.1) is 4.90 Å². The number of rotatable bonds is 4. The fourth-order valence-corrected chi connectivity index (χ4v) is 4.58. The van der Waals surface area contributed by atoms with Gasteiger partial charge in [0.15, 0.2) is 0 Å². The molecule has 0 unspecified atom stereocenters. The number of benzene rings is 2. The van der Waals surface area contributed by atoms with E-state index in [0.29, 0.717) is 30.4 Å². The van der Waals surface area contributed by atoms with Gasteiger partial charge >= 0.3 is 0 Å². The summed E-state index contributed by atoms with van der Waals surface area (Å²) in [5.41, 5.74) is 2.57. The average molecular weight is 369 g/mol. The maximum atomic E-state index is 12.7. The van der Waals surface area contributed by atoms with Crippen LogP contribution < -0.4 is 0 Å². The van der Waals surface area contributed by atoms with Gasteiger partial charge in [0, 0.05) is 24.2 Å². The third kappa shape index (κ3) is 3.15. The number of nitrogens with zero attached hydrogens (tertiary/aromatic N) is 3. The zero-order chi connectivity index (χ0) is 18.1. The Bertz CT molecular complexity index is 1020. The van der Waals surface area contributed by atoms with E-state index in [4.69, 9.17) is 4.42 Å². The molecule has 0 radical (unpaired) electrons. The monoisotopic (exact) mass is 369 g/mol. The van der Waals surface area contributed by atoms with Crippen molar-refractivity contribution in [2.24, 2.45) is 0 Å². The minimum atomic E-state index is -3.48. The zero-order valence-electron chi connectivity index (χ0n) is 14.4. The Hall–Kier alpha value is -2.51. The molecule has 2 heterocycles. The van der Waals surface area contributed by atoms with E-state index in [2.05, 4.69) is 10.2 Å². The summed E-state index contributed by atoms with van der Waals surface area (Å²) in [6.45, 7) is 3.16. The average Bonchev–Trinajstić information content (AvgIpc) is 3.35. The highest BCUT2D eigenvalue weighted by Crippen LogP contribution is 2.27. The first-order valence-electron chi connectivity index (χ1n) is 8.55. The molecule has 2 aromatic carbocycles. The Balaban J connectivity index is 1.66. The van der Waals surface area contributed by atoms with Gasteiger partial charge in [-0.1, -0.05) is 23.8 Å². The van der Waals surface area contributed by atoms with Gasteiger partial charge in [0.2, 0.25) is 21.8 Å². The summed E-state index contributed by atoms with van der Waals surface area (Å²) in [5.74, 6) is 0.715. The fraction of sp³-hybridized carbons (Fsp3) is 0.263. The second-order valence-corrected chi connectivity index (χ2v) is 8.36. The molecule has 0 amide bonds. The van der Waals surface area contributed by atoms with Crippen LogP contribution in [0.4, 0.5) is 0 Å². The third-order valence-electron chi connectivity index (χ3n) is 4.51. The van der Waals surface area contributed by atoms with Crippen LogP contribution in [0.2, 0.25) is 0 Å². The number of aromatic nitrogens is 2. The van der Waals surface area contributed by atoms with E-state index in [-0.39, 0.29) is 4.90 Å². The highest BCUT2D eigenvalue weighted by atomic mass is 32.2. The SMILES string of the molecule is Cc1ccc(-c2nnc(-c3cccc(S(=O)(=O)N4CCCC4)c3)o2)cc1. The lowest BCUT2D eigenvalue weighted by molar-refractivity contribution is 0.477. The molecule has 3 aromatic rings. The predicted molar refractivity (Wildman–Crippen MR) is 97.9 cm³/mol. The van der Waals surface area contributed by atoms with E-state index in [0.717, 1.165) is 24.0 Å². The molecule has 0 saturated carbocycles. The van der Waals surface area contributed by atoms with Crippen LogP contribution in [0.1, 0.15) is 18.4 Å². The topological polar surface area (TPSA) is 76.3 Å². The number of aryl methyl sites for hydroxylation is 1. The highest BCUT2D eigenvalue weighted by molar-refractivity contribution is 7.89. The van der Waals surface area contributed by atoms with E-state index in [9.17, 15) is 8.42 Å². The maximum Gasteiger partial charge on any atom is 0.248 e. The molecule has 1 aliphatic rings. The van der Waals surface area contributed by atoms with E-state index in [1.54, 1.807) is 24.3 Å². The molecular formula is C19H19N3O3S. The van der Waals surface area contributed by atoms with Gasteiger partial charge in [-0.3, -0.25) is 0 Å². The van der Waals surface area contributed by atoms with Crippen molar-refractivity contribution in [1.29, 1.82) is 0 Å². The molecule has 7 heteroatoms. The third-order valence-corrected chi connectivity index (χ3v) is 6.40. The predicted octanol–water partition coefficient (Wildman–Crippen LogP) is 3.50. The minimum Gasteiger partial charge on any atom is -0.416 e. The summed E-state index contributed by atoms with van der Waals surface area (Å²) in [5, 5.41) is 8.17. The summed E-state index contributed by atoms with van der Waals surface area (Å²) in [4.78, 5) is 0.256. The van der Waals surface area contributed by atoms with Gasteiger partial charge in [0.25, 0.3) is 0 Å². The molecule has 4 rings (SSSR count). The Morgan fingerprint density at radius 2 is 1.58 bits per heavy atom. The molecule has 1 saturated heterocycles. The van der Waals surface area contributed by atoms with Crippen LogP contribution in [-0.2, 0) is 10.0 Å². The lowest BCUT2D eigenvalue weighted by Crippen LogP contribution is -2.27. The van der Waals surface area contributed by atoms with Gasteiger partial charge in [-0.2, -0.15) is 4.31 Å². The van der Waals surface area contributed by atoms with Crippen LogP contribution in [0.5, 0.6) is 0 Å². The van der Waals surface area contributed by atoms with Crippen molar-refractivity contribution in [1.82, 2.24) is 14.5 Å². The molecule has 6 nitrogen and oxygen atoms in total. The van der Waals surface area contributed by atoms with Gasteiger partial charge in [0.1, 0.15) is 0 Å². The van der Waals surface area contributed by atoms with Crippen molar-refractivity contribution in [2.75, 3.05) is 13.1 Å². The van der Waals surface area contributed by atoms with Crippen molar-refractivity contribution in [3.63, 3.8) is 0 Å². The van der Waals surface area contributed by atoms with Crippen LogP contribution in [0.15, 0.2) is 57.8 Å². The van der Waals surface area contributed by atoms with Gasteiger partial charge in [-0.15, -0.1) is 10.2 Å². The number of sulfonamides is 1. The fourth-order valence-electron chi connectivity index (χ4n) is 3.02. The summed E-state index contributed by atoms with van der Waals surface area (Å²) in [6, 6.07) is 14.5. The first-order valence-corrected chi connectivity index (χ1v) is 9.99. The van der Waals surface area contributed by atoms with Crippen molar-refractivity contribution >= 4 is 10.0 Å². The lowest BCUT2D eigenvalue weighted by Gasteiger charge is -2.15. The van der Waals surface area contributed by atoms with E-state index < -0.39 is 10.0 Å². The van der Waals surface area contributed by atoms with Gasteiger partial charge in [-0.25, -0.2) is 8.42 Å². The molecular weight excluding hydrogens is 350 g/mol.